The van der Waals surface area contributed by atoms with Gasteiger partial charge in [0.1, 0.15) is 16.8 Å². The molecule has 142 valence electrons. The topological polar surface area (TPSA) is 99.1 Å². The van der Waals surface area contributed by atoms with Gasteiger partial charge in [0.05, 0.1) is 5.56 Å². The van der Waals surface area contributed by atoms with E-state index in [4.69, 9.17) is 0 Å². The zero-order valence-corrected chi connectivity index (χ0v) is 16.5. The lowest BCUT2D eigenvalue weighted by atomic mass is 9.77. The molecule has 0 fully saturated rings. The zero-order valence-electron chi connectivity index (χ0n) is 16.5. The van der Waals surface area contributed by atoms with Crippen molar-refractivity contribution in [3.05, 3.63) is 41.0 Å². The number of fused-ring (bicyclic) bond motifs is 1. The number of H-pyrrole nitrogens is 1. The van der Waals surface area contributed by atoms with E-state index in [1.165, 1.54) is 6.07 Å². The van der Waals surface area contributed by atoms with Crippen molar-refractivity contribution in [3.63, 3.8) is 0 Å². The summed E-state index contributed by atoms with van der Waals surface area (Å²) in [5.74, 6) is -0.999. The molecule has 0 saturated carbocycles. The monoisotopic (exact) mass is 367 g/mol. The van der Waals surface area contributed by atoms with Gasteiger partial charge < -0.3 is 10.2 Å². The van der Waals surface area contributed by atoms with Crippen molar-refractivity contribution in [1.82, 2.24) is 15.4 Å². The molecule has 0 aliphatic rings. The first-order chi connectivity index (χ1) is 12.4. The Kier molecular flexibility index (Phi) is 4.25. The number of carboxylic acids is 1. The maximum atomic E-state index is 11.9. The van der Waals surface area contributed by atoms with Crippen molar-refractivity contribution >= 4 is 17.0 Å². The van der Waals surface area contributed by atoms with Crippen molar-refractivity contribution in [3.8, 4) is 16.9 Å². The number of hydrogen-bond acceptors (Lipinski definition) is 4. The highest BCUT2D eigenvalue weighted by molar-refractivity contribution is 6.06. The summed E-state index contributed by atoms with van der Waals surface area (Å²) in [4.78, 5) is 11.9. The first kappa shape index (κ1) is 18.9. The molecule has 27 heavy (non-hydrogen) atoms. The molecule has 0 saturated heterocycles. The third-order valence-corrected chi connectivity index (χ3v) is 4.77. The quantitative estimate of drug-likeness (QED) is 0.613. The van der Waals surface area contributed by atoms with Crippen LogP contribution < -0.4 is 0 Å². The number of carbonyl (C=O) groups is 1. The molecule has 1 heterocycles. The fourth-order valence-electron chi connectivity index (χ4n) is 3.19. The van der Waals surface area contributed by atoms with Crippen molar-refractivity contribution in [2.45, 2.75) is 52.4 Å². The number of benzene rings is 2. The van der Waals surface area contributed by atoms with Gasteiger partial charge in [0, 0.05) is 16.7 Å². The Bertz CT molecular complexity index is 1040. The Balaban J connectivity index is 2.48. The number of nitrogens with one attached hydrogen (secondary N) is 1. The van der Waals surface area contributed by atoms with Crippen LogP contribution in [0, 0.1) is 0 Å². The highest BCUT2D eigenvalue weighted by Gasteiger charge is 2.28. The minimum absolute atomic E-state index is 0.0773. The molecular weight excluding hydrogens is 342 g/mol. The summed E-state index contributed by atoms with van der Waals surface area (Å²) in [7, 11) is 0. The minimum atomic E-state index is -1.08. The second-order valence-corrected chi connectivity index (χ2v) is 8.90. The van der Waals surface area contributed by atoms with Crippen LogP contribution in [0.2, 0.25) is 0 Å². The first-order valence-electron chi connectivity index (χ1n) is 8.86. The molecular formula is C21H25N3O3. The summed E-state index contributed by atoms with van der Waals surface area (Å²) < 4.78 is 0. The van der Waals surface area contributed by atoms with E-state index in [1.54, 1.807) is 6.07 Å². The molecule has 0 unspecified atom stereocenters. The van der Waals surface area contributed by atoms with Gasteiger partial charge in [-0.1, -0.05) is 47.6 Å². The molecule has 0 aliphatic heterocycles. The van der Waals surface area contributed by atoms with Crippen LogP contribution in [-0.4, -0.2) is 31.6 Å². The Hall–Kier alpha value is -2.89. The van der Waals surface area contributed by atoms with Gasteiger partial charge >= 0.3 is 5.97 Å². The predicted octanol–water partition coefficient (Wildman–Crippen LogP) is 4.62. The summed E-state index contributed by atoms with van der Waals surface area (Å²) in [6.45, 7) is 12.3. The van der Waals surface area contributed by atoms with Crippen LogP contribution in [0.25, 0.3) is 22.2 Å². The third-order valence-electron chi connectivity index (χ3n) is 4.77. The molecule has 0 spiro atoms. The number of carboxylic acid groups (broad SMARTS) is 1. The number of hydrogen-bond donors (Lipinski definition) is 3. The van der Waals surface area contributed by atoms with E-state index in [9.17, 15) is 15.0 Å². The maximum absolute atomic E-state index is 11.9. The van der Waals surface area contributed by atoms with E-state index < -0.39 is 5.97 Å². The normalized spacial score (nSPS) is 12.5. The van der Waals surface area contributed by atoms with Crippen LogP contribution in [0.4, 0.5) is 0 Å². The van der Waals surface area contributed by atoms with Gasteiger partial charge in [-0.25, -0.2) is 4.79 Å². The lowest BCUT2D eigenvalue weighted by Crippen LogP contribution is -2.17. The van der Waals surface area contributed by atoms with Gasteiger partial charge in [0.25, 0.3) is 0 Å². The second kappa shape index (κ2) is 6.08. The molecule has 0 amide bonds. The van der Waals surface area contributed by atoms with Crippen LogP contribution in [0.15, 0.2) is 24.3 Å². The van der Waals surface area contributed by atoms with Gasteiger partial charge in [0.2, 0.25) is 0 Å². The Morgan fingerprint density at radius 1 is 1.00 bits per heavy atom. The predicted molar refractivity (Wildman–Crippen MR) is 105 cm³/mol. The number of rotatable bonds is 2. The van der Waals surface area contributed by atoms with Crippen molar-refractivity contribution < 1.29 is 15.0 Å². The average Bonchev–Trinajstić information content (AvgIpc) is 3.00. The van der Waals surface area contributed by atoms with Gasteiger partial charge in [-0.2, -0.15) is 15.4 Å². The molecule has 3 aromatic rings. The highest BCUT2D eigenvalue weighted by atomic mass is 16.4. The molecule has 0 radical (unpaired) electrons. The number of aromatic hydroxyl groups is 1. The van der Waals surface area contributed by atoms with Gasteiger partial charge in [-0.3, -0.25) is 0 Å². The van der Waals surface area contributed by atoms with Gasteiger partial charge in [0.15, 0.2) is 0 Å². The molecule has 0 atom stereocenters. The lowest BCUT2D eigenvalue weighted by molar-refractivity contribution is 0.0698. The fourth-order valence-corrected chi connectivity index (χ4v) is 3.19. The van der Waals surface area contributed by atoms with Crippen LogP contribution in [-0.2, 0) is 10.8 Å². The summed E-state index contributed by atoms with van der Waals surface area (Å²) >= 11 is 0. The number of aromatic carboxylic acids is 1. The summed E-state index contributed by atoms with van der Waals surface area (Å²) in [5.41, 5.74) is 3.18. The molecule has 0 bridgehead atoms. The molecule has 3 N–H and O–H groups in total. The van der Waals surface area contributed by atoms with Crippen LogP contribution in [0.1, 0.15) is 63.0 Å². The summed E-state index contributed by atoms with van der Waals surface area (Å²) in [6.07, 6.45) is 0. The zero-order chi connectivity index (χ0) is 20.1. The fraction of sp³-hybridized carbons (Fsp3) is 0.381. The maximum Gasteiger partial charge on any atom is 0.336 e. The van der Waals surface area contributed by atoms with Gasteiger partial charge in [-0.15, -0.1) is 0 Å². The second-order valence-electron chi connectivity index (χ2n) is 8.90. The molecule has 0 aliphatic carbocycles. The van der Waals surface area contributed by atoms with Crippen LogP contribution in [0.3, 0.4) is 0 Å². The van der Waals surface area contributed by atoms with Crippen LogP contribution in [0.5, 0.6) is 5.75 Å². The molecule has 3 rings (SSSR count). The van der Waals surface area contributed by atoms with E-state index in [0.29, 0.717) is 22.2 Å². The first-order valence-corrected chi connectivity index (χ1v) is 8.86. The van der Waals surface area contributed by atoms with Crippen LogP contribution >= 0.6 is 0 Å². The van der Waals surface area contributed by atoms with Crippen molar-refractivity contribution in [1.29, 1.82) is 0 Å². The van der Waals surface area contributed by atoms with E-state index in [0.717, 1.165) is 11.1 Å². The summed E-state index contributed by atoms with van der Waals surface area (Å²) in [5, 5.41) is 31.6. The van der Waals surface area contributed by atoms with E-state index in [1.807, 2.05) is 32.9 Å². The standard InChI is InChI=1S/C21H25N3O3/c1-20(2,3)11-9-13(18(25)14(10-11)21(4,5)6)16-12(19(26)27)7-8-15-17(16)23-24-22-15/h7-10,25H,1-6H3,(H,26,27)(H,22,23,24). The minimum Gasteiger partial charge on any atom is -0.507 e. The van der Waals surface area contributed by atoms with Crippen molar-refractivity contribution in [2.24, 2.45) is 0 Å². The lowest BCUT2D eigenvalue weighted by Gasteiger charge is -2.28. The largest absolute Gasteiger partial charge is 0.507 e. The molecule has 6 nitrogen and oxygen atoms in total. The van der Waals surface area contributed by atoms with E-state index >= 15 is 0 Å². The Morgan fingerprint density at radius 2 is 1.67 bits per heavy atom. The van der Waals surface area contributed by atoms with E-state index in [-0.39, 0.29) is 22.1 Å². The molecule has 2 aromatic carbocycles. The number of aromatic amines is 1. The smallest absolute Gasteiger partial charge is 0.336 e. The van der Waals surface area contributed by atoms with E-state index in [2.05, 4.69) is 36.2 Å². The van der Waals surface area contributed by atoms with Gasteiger partial charge in [-0.05, 0) is 34.6 Å². The number of phenols is 1. The number of nitrogens with zero attached hydrogens (tertiary/aromatic N) is 2. The SMILES string of the molecule is CC(C)(C)c1cc(-c2c(C(=O)O)ccc3n[nH]nc23)c(O)c(C(C)(C)C)c1. The Labute approximate surface area is 158 Å². The Morgan fingerprint density at radius 3 is 2.22 bits per heavy atom. The highest BCUT2D eigenvalue weighted by Crippen LogP contribution is 2.44. The third kappa shape index (κ3) is 3.27. The van der Waals surface area contributed by atoms with Crippen molar-refractivity contribution in [2.75, 3.05) is 0 Å². The average molecular weight is 367 g/mol. The molecule has 6 heteroatoms. The number of phenolic OH excluding ortho intramolecular Hbond substituents is 1. The number of aromatic nitrogens is 3. The summed E-state index contributed by atoms with van der Waals surface area (Å²) in [6, 6.07) is 6.98. The molecule has 1 aromatic heterocycles.